The van der Waals surface area contributed by atoms with Crippen LogP contribution in [0, 0.1) is 0 Å². The molecule has 9 nitrogen and oxygen atoms in total. The molecule has 0 atom stereocenters. The first-order chi connectivity index (χ1) is 15.1. The molecule has 0 radical (unpaired) electrons. The van der Waals surface area contributed by atoms with Gasteiger partial charge in [-0.05, 0) is 24.3 Å². The summed E-state index contributed by atoms with van der Waals surface area (Å²) in [7, 11) is 4.90. The number of hydrogen-bond acceptors (Lipinski definition) is 6. The Labute approximate surface area is 180 Å². The molecule has 2 heterocycles. The lowest BCUT2D eigenvalue weighted by atomic mass is 10.1. The standard InChI is InChI=1S/C22H27N5O4/c1-29-19-9-8-16(20(30-2)21(19)31-3)14-25-10-12-26(13-11-25)15-27-22(28)17-6-4-5-7-18(17)23-24-27/h4-9H,10-15H2,1-3H3/p+2. The molecule has 9 heteroatoms. The van der Waals surface area contributed by atoms with E-state index in [1.807, 2.05) is 30.3 Å². The number of rotatable bonds is 7. The van der Waals surface area contributed by atoms with Crippen LogP contribution in [-0.4, -0.2) is 62.5 Å². The van der Waals surface area contributed by atoms with Gasteiger partial charge < -0.3 is 24.0 Å². The maximum Gasteiger partial charge on any atom is 0.282 e. The van der Waals surface area contributed by atoms with Gasteiger partial charge in [-0.15, -0.1) is 5.10 Å². The number of methoxy groups -OCH3 is 3. The Morgan fingerprint density at radius 3 is 2.32 bits per heavy atom. The fourth-order valence-electron chi connectivity index (χ4n) is 4.20. The van der Waals surface area contributed by atoms with Crippen molar-refractivity contribution in [2.24, 2.45) is 0 Å². The van der Waals surface area contributed by atoms with Gasteiger partial charge in [0.05, 0.1) is 32.3 Å². The monoisotopic (exact) mass is 427 g/mol. The number of benzene rings is 2. The molecule has 1 fully saturated rings. The Balaban J connectivity index is 1.41. The number of piperazine rings is 1. The summed E-state index contributed by atoms with van der Waals surface area (Å²) in [6.07, 6.45) is 0. The highest BCUT2D eigenvalue weighted by atomic mass is 16.5. The van der Waals surface area contributed by atoms with Crippen molar-refractivity contribution in [3.05, 3.63) is 52.3 Å². The first-order valence-corrected chi connectivity index (χ1v) is 10.4. The predicted octanol–water partition coefficient (Wildman–Crippen LogP) is -1.24. The minimum absolute atomic E-state index is 0.0806. The van der Waals surface area contributed by atoms with Crippen molar-refractivity contribution in [1.29, 1.82) is 0 Å². The van der Waals surface area contributed by atoms with Crippen molar-refractivity contribution in [3.8, 4) is 17.2 Å². The lowest BCUT2D eigenvalue weighted by Crippen LogP contribution is -3.27. The highest BCUT2D eigenvalue weighted by Gasteiger charge is 2.26. The molecule has 0 aliphatic carbocycles. The second kappa shape index (κ2) is 9.32. The van der Waals surface area contributed by atoms with Crippen LogP contribution in [0.2, 0.25) is 0 Å². The van der Waals surface area contributed by atoms with E-state index in [0.29, 0.717) is 29.1 Å². The summed E-state index contributed by atoms with van der Waals surface area (Å²) in [5.74, 6) is 2.01. The molecule has 3 aromatic rings. The van der Waals surface area contributed by atoms with Gasteiger partial charge in [0.25, 0.3) is 5.56 Å². The molecule has 1 saturated heterocycles. The second-order valence-corrected chi connectivity index (χ2v) is 7.74. The number of fused-ring (bicyclic) bond motifs is 1. The minimum atomic E-state index is -0.0806. The van der Waals surface area contributed by atoms with Gasteiger partial charge in [0.1, 0.15) is 38.2 Å². The summed E-state index contributed by atoms with van der Waals surface area (Å²) in [5, 5.41) is 8.93. The van der Waals surface area contributed by atoms with Crippen LogP contribution < -0.4 is 29.6 Å². The van der Waals surface area contributed by atoms with Crippen LogP contribution in [0.4, 0.5) is 0 Å². The number of nitrogens with zero attached hydrogens (tertiary/aromatic N) is 3. The molecule has 2 aromatic carbocycles. The number of ether oxygens (including phenoxy) is 3. The molecule has 31 heavy (non-hydrogen) atoms. The summed E-state index contributed by atoms with van der Waals surface area (Å²) < 4.78 is 18.0. The quantitative estimate of drug-likeness (QED) is 0.491. The number of hydrogen-bond donors (Lipinski definition) is 2. The zero-order valence-electron chi connectivity index (χ0n) is 18.2. The molecule has 164 valence electrons. The van der Waals surface area contributed by atoms with Crippen LogP contribution in [0.25, 0.3) is 10.9 Å². The molecule has 0 amide bonds. The maximum atomic E-state index is 12.7. The zero-order valence-corrected chi connectivity index (χ0v) is 18.2. The largest absolute Gasteiger partial charge is 0.493 e. The van der Waals surface area contributed by atoms with Crippen LogP contribution in [0.3, 0.4) is 0 Å². The third-order valence-corrected chi connectivity index (χ3v) is 5.89. The van der Waals surface area contributed by atoms with E-state index in [4.69, 9.17) is 14.2 Å². The van der Waals surface area contributed by atoms with Gasteiger partial charge in [-0.1, -0.05) is 17.3 Å². The Morgan fingerprint density at radius 1 is 0.903 bits per heavy atom. The molecule has 2 N–H and O–H groups in total. The zero-order chi connectivity index (χ0) is 21.8. The molecule has 0 unspecified atom stereocenters. The fourth-order valence-corrected chi connectivity index (χ4v) is 4.20. The van der Waals surface area contributed by atoms with E-state index in [1.165, 1.54) is 14.5 Å². The first-order valence-electron chi connectivity index (χ1n) is 10.4. The van der Waals surface area contributed by atoms with Crippen LogP contribution in [-0.2, 0) is 13.2 Å². The van der Waals surface area contributed by atoms with Gasteiger partial charge in [-0.25, -0.2) is 0 Å². The Morgan fingerprint density at radius 2 is 1.61 bits per heavy atom. The number of aromatic nitrogens is 3. The summed E-state index contributed by atoms with van der Waals surface area (Å²) in [5.41, 5.74) is 1.65. The summed E-state index contributed by atoms with van der Waals surface area (Å²) in [4.78, 5) is 15.5. The van der Waals surface area contributed by atoms with E-state index in [0.717, 1.165) is 44.0 Å². The van der Waals surface area contributed by atoms with Crippen LogP contribution >= 0.6 is 0 Å². The van der Waals surface area contributed by atoms with E-state index in [9.17, 15) is 4.79 Å². The molecule has 0 saturated carbocycles. The predicted molar refractivity (Wildman–Crippen MR) is 115 cm³/mol. The average molecular weight is 428 g/mol. The van der Waals surface area contributed by atoms with Crippen molar-refractivity contribution >= 4 is 10.9 Å². The normalized spacial score (nSPS) is 18.7. The summed E-state index contributed by atoms with van der Waals surface area (Å²) in [6, 6.07) is 11.3. The van der Waals surface area contributed by atoms with Crippen molar-refractivity contribution in [1.82, 2.24) is 15.0 Å². The molecule has 0 spiro atoms. The minimum Gasteiger partial charge on any atom is -0.493 e. The topological polar surface area (TPSA) is 84.4 Å². The molecular formula is C22H29N5O4+2. The molecule has 4 rings (SSSR count). The molecule has 1 aliphatic heterocycles. The number of quaternary nitrogens is 2. The molecular weight excluding hydrogens is 398 g/mol. The third kappa shape index (κ3) is 4.33. The van der Waals surface area contributed by atoms with E-state index >= 15 is 0 Å². The first kappa shape index (κ1) is 21.1. The lowest BCUT2D eigenvalue weighted by molar-refractivity contribution is -1.03. The Bertz CT molecular complexity index is 1110. The molecule has 1 aromatic heterocycles. The van der Waals surface area contributed by atoms with Gasteiger partial charge in [0, 0.05) is 0 Å². The number of nitrogens with one attached hydrogen (secondary N) is 2. The van der Waals surface area contributed by atoms with E-state index in [-0.39, 0.29) is 5.56 Å². The van der Waals surface area contributed by atoms with Crippen molar-refractivity contribution in [2.75, 3.05) is 47.5 Å². The third-order valence-electron chi connectivity index (χ3n) is 5.89. The van der Waals surface area contributed by atoms with Gasteiger partial charge in [0.2, 0.25) is 5.75 Å². The second-order valence-electron chi connectivity index (χ2n) is 7.74. The van der Waals surface area contributed by atoms with E-state index < -0.39 is 0 Å². The smallest absolute Gasteiger partial charge is 0.282 e. The lowest BCUT2D eigenvalue weighted by Gasteiger charge is -2.30. The average Bonchev–Trinajstić information content (AvgIpc) is 2.81. The molecule has 0 bridgehead atoms. The Hall–Kier alpha value is -3.17. The highest BCUT2D eigenvalue weighted by molar-refractivity contribution is 5.76. The Kier molecular flexibility index (Phi) is 6.34. The van der Waals surface area contributed by atoms with Crippen molar-refractivity contribution in [3.63, 3.8) is 0 Å². The van der Waals surface area contributed by atoms with Crippen molar-refractivity contribution < 1.29 is 24.0 Å². The van der Waals surface area contributed by atoms with Crippen LogP contribution in [0.5, 0.6) is 17.2 Å². The van der Waals surface area contributed by atoms with E-state index in [2.05, 4.69) is 10.3 Å². The van der Waals surface area contributed by atoms with Gasteiger partial charge in [-0.3, -0.25) is 4.79 Å². The van der Waals surface area contributed by atoms with E-state index in [1.54, 1.807) is 27.4 Å². The molecule has 1 aliphatic rings. The van der Waals surface area contributed by atoms with Gasteiger partial charge in [-0.2, -0.15) is 4.68 Å². The van der Waals surface area contributed by atoms with Crippen LogP contribution in [0.15, 0.2) is 41.2 Å². The summed E-state index contributed by atoms with van der Waals surface area (Å²) >= 11 is 0. The van der Waals surface area contributed by atoms with Gasteiger partial charge in [0.15, 0.2) is 18.2 Å². The highest BCUT2D eigenvalue weighted by Crippen LogP contribution is 2.39. The maximum absolute atomic E-state index is 12.7. The fraction of sp³-hybridized carbons (Fsp3) is 0.409. The summed E-state index contributed by atoms with van der Waals surface area (Å²) in [6.45, 7) is 5.25. The SMILES string of the molecule is COc1ccc(C[NH+]2CC[NH+](Cn3nnc4ccccc4c3=O)CC2)c(OC)c1OC. The van der Waals surface area contributed by atoms with Crippen LogP contribution in [0.1, 0.15) is 5.56 Å². The van der Waals surface area contributed by atoms with Gasteiger partial charge >= 0.3 is 0 Å². The van der Waals surface area contributed by atoms with Crippen molar-refractivity contribution in [2.45, 2.75) is 13.2 Å².